The van der Waals surface area contributed by atoms with Gasteiger partial charge in [0.15, 0.2) is 0 Å². The van der Waals surface area contributed by atoms with Crippen molar-refractivity contribution in [2.45, 2.75) is 65.3 Å². The highest BCUT2D eigenvalue weighted by molar-refractivity contribution is 5.91. The highest BCUT2D eigenvalue weighted by Gasteiger charge is 2.51. The number of rotatable bonds is 8. The van der Waals surface area contributed by atoms with Crippen LogP contribution in [0.15, 0.2) is 35.9 Å². The average molecular weight is 440 g/mol. The number of ether oxygens (including phenoxy) is 1. The number of nitrogens with one attached hydrogen (secondary N) is 1. The Labute approximate surface area is 194 Å². The third kappa shape index (κ3) is 4.83. The molecule has 2 fully saturated rings. The highest BCUT2D eigenvalue weighted by atomic mass is 16.5. The van der Waals surface area contributed by atoms with E-state index in [4.69, 9.17) is 4.74 Å². The predicted octanol–water partition coefficient (Wildman–Crippen LogP) is 5.79. The number of likely N-dealkylation sites (tertiary alicyclic amines) is 1. The third-order valence-corrected chi connectivity index (χ3v) is 8.41. The van der Waals surface area contributed by atoms with Gasteiger partial charge in [-0.25, -0.2) is 4.79 Å². The Balaban J connectivity index is 1.43. The van der Waals surface area contributed by atoms with Gasteiger partial charge in [-0.05, 0) is 75.0 Å². The zero-order valence-electron chi connectivity index (χ0n) is 20.4. The van der Waals surface area contributed by atoms with Crippen LogP contribution in [0.25, 0.3) is 0 Å². The quantitative estimate of drug-likeness (QED) is 0.522. The summed E-state index contributed by atoms with van der Waals surface area (Å²) in [4.78, 5) is 18.0. The molecule has 32 heavy (non-hydrogen) atoms. The van der Waals surface area contributed by atoms with Crippen LogP contribution in [0.4, 0.5) is 10.5 Å². The number of para-hydroxylation sites is 2. The molecular formula is C27H41N3O2. The minimum atomic E-state index is -0.0265. The zero-order chi connectivity index (χ0) is 22.7. The van der Waals surface area contributed by atoms with Gasteiger partial charge in [0.1, 0.15) is 5.75 Å². The molecule has 1 aromatic carbocycles. The first-order valence-electron chi connectivity index (χ1n) is 12.5. The molecule has 5 rings (SSSR count). The SMILES string of the molecule is COc1ccccc1NC(=O)N(CCCN1CCCCC1C)CC1=CCC2CC1C2(C)C. The number of hydrogen-bond donors (Lipinski definition) is 1. The first-order chi connectivity index (χ1) is 15.4. The smallest absolute Gasteiger partial charge is 0.322 e. The van der Waals surface area contributed by atoms with Gasteiger partial charge in [-0.15, -0.1) is 0 Å². The maximum absolute atomic E-state index is 13.4. The summed E-state index contributed by atoms with van der Waals surface area (Å²) in [6.45, 7) is 10.9. The number of nitrogens with zero attached hydrogens (tertiary/aromatic N) is 2. The van der Waals surface area contributed by atoms with E-state index in [1.807, 2.05) is 29.2 Å². The van der Waals surface area contributed by atoms with Crippen molar-refractivity contribution in [1.82, 2.24) is 9.80 Å². The van der Waals surface area contributed by atoms with Crippen LogP contribution in [0.1, 0.15) is 59.3 Å². The van der Waals surface area contributed by atoms with Crippen LogP contribution in [-0.4, -0.2) is 55.2 Å². The molecule has 2 amide bonds. The van der Waals surface area contributed by atoms with Gasteiger partial charge in [0.2, 0.25) is 0 Å². The summed E-state index contributed by atoms with van der Waals surface area (Å²) in [5, 5.41) is 3.12. The van der Waals surface area contributed by atoms with Crippen molar-refractivity contribution in [1.29, 1.82) is 0 Å². The van der Waals surface area contributed by atoms with Crippen LogP contribution >= 0.6 is 0 Å². The van der Waals surface area contributed by atoms with Crippen LogP contribution in [0, 0.1) is 17.3 Å². The molecule has 0 radical (unpaired) electrons. The Hall–Kier alpha value is -2.01. The molecule has 4 aliphatic rings. The largest absolute Gasteiger partial charge is 0.495 e. The van der Waals surface area contributed by atoms with Gasteiger partial charge in [0, 0.05) is 25.7 Å². The van der Waals surface area contributed by atoms with Crippen molar-refractivity contribution in [2.75, 3.05) is 38.6 Å². The summed E-state index contributed by atoms with van der Waals surface area (Å²) in [6.07, 6.45) is 9.80. The Morgan fingerprint density at radius 2 is 2.09 bits per heavy atom. The number of anilines is 1. The molecule has 1 saturated heterocycles. The van der Waals surface area contributed by atoms with E-state index < -0.39 is 0 Å². The summed E-state index contributed by atoms with van der Waals surface area (Å²) in [5.41, 5.74) is 2.56. The molecule has 1 aliphatic heterocycles. The van der Waals surface area contributed by atoms with E-state index in [9.17, 15) is 4.79 Å². The van der Waals surface area contributed by atoms with Gasteiger partial charge in [0.25, 0.3) is 0 Å². The number of piperidine rings is 1. The lowest BCUT2D eigenvalue weighted by Crippen LogP contribution is -2.50. The van der Waals surface area contributed by atoms with Gasteiger partial charge >= 0.3 is 6.03 Å². The van der Waals surface area contributed by atoms with Gasteiger partial charge in [0.05, 0.1) is 12.8 Å². The summed E-state index contributed by atoms with van der Waals surface area (Å²) in [5.74, 6) is 2.13. The molecule has 3 unspecified atom stereocenters. The van der Waals surface area contributed by atoms with Crippen LogP contribution in [-0.2, 0) is 0 Å². The molecule has 3 aliphatic carbocycles. The van der Waals surface area contributed by atoms with Crippen LogP contribution in [0.2, 0.25) is 0 Å². The van der Waals surface area contributed by atoms with E-state index in [1.54, 1.807) is 7.11 Å². The number of carbonyl (C=O) groups excluding carboxylic acids is 1. The maximum atomic E-state index is 13.4. The summed E-state index contributed by atoms with van der Waals surface area (Å²) in [7, 11) is 1.64. The molecule has 1 N–H and O–H groups in total. The lowest BCUT2D eigenvalue weighted by Gasteiger charge is -2.57. The van der Waals surface area contributed by atoms with Crippen molar-refractivity contribution in [3.63, 3.8) is 0 Å². The second-order valence-electron chi connectivity index (χ2n) is 10.6. The van der Waals surface area contributed by atoms with Crippen molar-refractivity contribution in [3.8, 4) is 5.75 Å². The second kappa shape index (κ2) is 9.86. The number of hydrogen-bond acceptors (Lipinski definition) is 3. The fourth-order valence-corrected chi connectivity index (χ4v) is 6.03. The van der Waals surface area contributed by atoms with Gasteiger partial charge in [-0.2, -0.15) is 0 Å². The molecule has 2 bridgehead atoms. The standard InChI is InChI=1S/C27H41N3O2/c1-20-10-7-8-15-29(20)16-9-17-30(19-21-13-14-22-18-23(21)27(22,2)3)26(31)28-24-11-5-6-12-25(24)32-4/h5-6,11-13,20,22-23H,7-10,14-19H2,1-4H3,(H,28,31). The molecule has 0 spiro atoms. The van der Waals surface area contributed by atoms with Crippen LogP contribution in [0.3, 0.4) is 0 Å². The molecule has 1 heterocycles. The van der Waals surface area contributed by atoms with Crippen molar-refractivity contribution >= 4 is 11.7 Å². The second-order valence-corrected chi connectivity index (χ2v) is 10.6. The molecule has 1 aromatic rings. The van der Waals surface area contributed by atoms with Gasteiger partial charge < -0.3 is 19.9 Å². The van der Waals surface area contributed by atoms with E-state index >= 15 is 0 Å². The Kier molecular flexibility index (Phi) is 7.14. The topological polar surface area (TPSA) is 44.8 Å². The summed E-state index contributed by atoms with van der Waals surface area (Å²) in [6, 6.07) is 8.28. The van der Waals surface area contributed by atoms with Crippen molar-refractivity contribution in [2.24, 2.45) is 17.3 Å². The Morgan fingerprint density at radius 1 is 1.28 bits per heavy atom. The van der Waals surface area contributed by atoms with Gasteiger partial charge in [-0.3, -0.25) is 0 Å². The van der Waals surface area contributed by atoms with Crippen molar-refractivity contribution < 1.29 is 9.53 Å². The molecule has 5 heteroatoms. The van der Waals surface area contributed by atoms with E-state index in [-0.39, 0.29) is 6.03 Å². The first kappa shape index (κ1) is 23.2. The number of fused-ring (bicyclic) bond motifs is 1. The first-order valence-corrected chi connectivity index (χ1v) is 12.5. The Morgan fingerprint density at radius 3 is 2.81 bits per heavy atom. The number of amides is 2. The normalized spacial score (nSPS) is 26.6. The van der Waals surface area contributed by atoms with E-state index in [1.165, 1.54) is 37.8 Å². The third-order valence-electron chi connectivity index (χ3n) is 8.41. The maximum Gasteiger partial charge on any atom is 0.322 e. The van der Waals surface area contributed by atoms with E-state index in [2.05, 4.69) is 37.1 Å². The molecule has 3 atom stereocenters. The minimum Gasteiger partial charge on any atom is -0.495 e. The monoisotopic (exact) mass is 439 g/mol. The number of carbonyl (C=O) groups is 1. The fourth-order valence-electron chi connectivity index (χ4n) is 6.03. The van der Waals surface area contributed by atoms with Gasteiger partial charge in [-0.1, -0.05) is 44.1 Å². The number of urea groups is 1. The van der Waals surface area contributed by atoms with Crippen LogP contribution in [0.5, 0.6) is 5.75 Å². The van der Waals surface area contributed by atoms with E-state index in [0.717, 1.165) is 44.1 Å². The molecule has 1 saturated carbocycles. The molecular weight excluding hydrogens is 398 g/mol. The van der Waals surface area contributed by atoms with Crippen molar-refractivity contribution in [3.05, 3.63) is 35.9 Å². The van der Waals surface area contributed by atoms with Crippen LogP contribution < -0.4 is 10.1 Å². The minimum absolute atomic E-state index is 0.0265. The zero-order valence-corrected chi connectivity index (χ0v) is 20.4. The lowest BCUT2D eigenvalue weighted by molar-refractivity contribution is -0.00958. The number of allylic oxidation sites excluding steroid dienone is 1. The fraction of sp³-hybridized carbons (Fsp3) is 0.667. The number of benzene rings is 1. The summed E-state index contributed by atoms with van der Waals surface area (Å²) >= 11 is 0. The number of methoxy groups -OCH3 is 1. The highest BCUT2D eigenvalue weighted by Crippen LogP contribution is 2.59. The Bertz CT molecular complexity index is 834. The molecule has 5 nitrogen and oxygen atoms in total. The summed E-state index contributed by atoms with van der Waals surface area (Å²) < 4.78 is 5.45. The average Bonchev–Trinajstić information content (AvgIpc) is 2.80. The molecule has 176 valence electrons. The van der Waals surface area contributed by atoms with E-state index in [0.29, 0.717) is 23.1 Å². The lowest BCUT2D eigenvalue weighted by atomic mass is 9.49. The predicted molar refractivity (Wildman–Crippen MR) is 131 cm³/mol. The molecule has 0 aromatic heterocycles.